The summed E-state index contributed by atoms with van der Waals surface area (Å²) in [4.78, 5) is 16.3. The number of alkyl halides is 3. The Balaban J connectivity index is 1.61. The van der Waals surface area contributed by atoms with Crippen LogP contribution in [0, 0.1) is 5.92 Å². The van der Waals surface area contributed by atoms with E-state index >= 15 is 0 Å². The quantitative estimate of drug-likeness (QED) is 0.566. The van der Waals surface area contributed by atoms with Gasteiger partial charge in [0.25, 0.3) is 0 Å². The molecule has 0 radical (unpaired) electrons. The molecule has 1 aliphatic heterocycles. The van der Waals surface area contributed by atoms with Crippen molar-refractivity contribution in [2.24, 2.45) is 5.92 Å². The van der Waals surface area contributed by atoms with Crippen molar-refractivity contribution in [2.45, 2.75) is 39.1 Å². The van der Waals surface area contributed by atoms with Crippen molar-refractivity contribution < 1.29 is 27.8 Å². The molecule has 8 heteroatoms. The molecule has 0 amide bonds. The zero-order chi connectivity index (χ0) is 24.0. The van der Waals surface area contributed by atoms with Gasteiger partial charge in [0.15, 0.2) is 5.78 Å². The molecule has 5 nitrogen and oxygen atoms in total. The number of hydrogen-bond donors (Lipinski definition) is 1. The lowest BCUT2D eigenvalue weighted by Crippen LogP contribution is -2.42. The van der Waals surface area contributed by atoms with Crippen LogP contribution in [0.3, 0.4) is 0 Å². The summed E-state index contributed by atoms with van der Waals surface area (Å²) in [7, 11) is 0. The minimum Gasteiger partial charge on any atom is -0.486 e. The molecule has 0 saturated carbocycles. The summed E-state index contributed by atoms with van der Waals surface area (Å²) in [6, 6.07) is 12.5. The Labute approximate surface area is 192 Å². The van der Waals surface area contributed by atoms with Gasteiger partial charge in [0.2, 0.25) is 0 Å². The molecule has 1 N–H and O–H groups in total. The number of likely N-dealkylation sites (tertiary alicyclic amines) is 1. The molecule has 180 valence electrons. The highest BCUT2D eigenvalue weighted by Gasteiger charge is 2.37. The predicted molar refractivity (Wildman–Crippen MR) is 121 cm³/mol. The zero-order valence-electron chi connectivity index (χ0n) is 19.0. The molecule has 1 saturated heterocycles. The summed E-state index contributed by atoms with van der Waals surface area (Å²) >= 11 is 0. The first-order valence-corrected chi connectivity index (χ1v) is 11.2. The molecular weight excluding hydrogens is 433 g/mol. The predicted octanol–water partition coefficient (Wildman–Crippen LogP) is 4.38. The summed E-state index contributed by atoms with van der Waals surface area (Å²) < 4.78 is 46.5. The van der Waals surface area contributed by atoms with Crippen LogP contribution >= 0.6 is 0 Å². The highest BCUT2D eigenvalue weighted by molar-refractivity contribution is 5.82. The van der Waals surface area contributed by atoms with Crippen molar-refractivity contribution >= 4 is 11.5 Å². The minimum absolute atomic E-state index is 0.0589. The van der Waals surface area contributed by atoms with E-state index in [2.05, 4.69) is 0 Å². The summed E-state index contributed by atoms with van der Waals surface area (Å²) in [5.41, 5.74) is 0.335. The number of hydrogen-bond acceptors (Lipinski definition) is 5. The standard InChI is InChI=1S/C25H31F3N2O3/c1-18(2)13-30(24-6-4-3-5-23(24)25(26,27)28)20-11-12-29(14-20)15-21(32)17-33-22-9-7-19(16-31)8-10-22/h3-10,18,20,31H,11-17H2,1-2H3. The van der Waals surface area contributed by atoms with E-state index in [0.29, 0.717) is 31.8 Å². The van der Waals surface area contributed by atoms with Gasteiger partial charge in [-0.1, -0.05) is 38.1 Å². The minimum atomic E-state index is -4.42. The van der Waals surface area contributed by atoms with E-state index in [4.69, 9.17) is 9.84 Å². The summed E-state index contributed by atoms with van der Waals surface area (Å²) in [5, 5.41) is 9.08. The van der Waals surface area contributed by atoms with Crippen molar-refractivity contribution in [3.8, 4) is 5.75 Å². The monoisotopic (exact) mass is 464 g/mol. The van der Waals surface area contributed by atoms with E-state index in [9.17, 15) is 18.0 Å². The fourth-order valence-corrected chi connectivity index (χ4v) is 4.16. The lowest BCUT2D eigenvalue weighted by molar-refractivity contribution is -0.137. The van der Waals surface area contributed by atoms with E-state index in [1.807, 2.05) is 23.6 Å². The van der Waals surface area contributed by atoms with Crippen molar-refractivity contribution in [1.29, 1.82) is 0 Å². The summed E-state index contributed by atoms with van der Waals surface area (Å²) in [5.74, 6) is 0.646. The van der Waals surface area contributed by atoms with Crippen LogP contribution in [0.15, 0.2) is 48.5 Å². The fraction of sp³-hybridized carbons (Fsp3) is 0.480. The molecule has 1 heterocycles. The lowest BCUT2D eigenvalue weighted by atomic mass is 10.1. The molecular formula is C25H31F3N2O3. The van der Waals surface area contributed by atoms with Crippen LogP contribution in [0.4, 0.5) is 18.9 Å². The van der Waals surface area contributed by atoms with E-state index in [1.54, 1.807) is 30.3 Å². The zero-order valence-corrected chi connectivity index (χ0v) is 19.0. The smallest absolute Gasteiger partial charge is 0.418 e. The molecule has 1 atom stereocenters. The molecule has 3 rings (SSSR count). The number of halogens is 3. The second-order valence-corrected chi connectivity index (χ2v) is 8.87. The largest absolute Gasteiger partial charge is 0.486 e. The normalized spacial score (nSPS) is 16.9. The lowest BCUT2D eigenvalue weighted by Gasteiger charge is -2.34. The Morgan fingerprint density at radius 2 is 1.88 bits per heavy atom. The molecule has 0 spiro atoms. The number of carbonyl (C=O) groups excluding carboxylic acids is 1. The number of ether oxygens (including phenoxy) is 1. The van der Waals surface area contributed by atoms with Gasteiger partial charge < -0.3 is 14.7 Å². The second kappa shape index (κ2) is 11.0. The highest BCUT2D eigenvalue weighted by atomic mass is 19.4. The molecule has 1 aliphatic rings. The first-order valence-electron chi connectivity index (χ1n) is 11.2. The Hall–Kier alpha value is -2.58. The molecule has 33 heavy (non-hydrogen) atoms. The average Bonchev–Trinajstić information content (AvgIpc) is 3.23. The van der Waals surface area contributed by atoms with Crippen LogP contribution in [-0.2, 0) is 17.6 Å². The van der Waals surface area contributed by atoms with Gasteiger partial charge >= 0.3 is 6.18 Å². The van der Waals surface area contributed by atoms with Crippen molar-refractivity contribution in [2.75, 3.05) is 37.7 Å². The van der Waals surface area contributed by atoms with Gasteiger partial charge in [0, 0.05) is 31.4 Å². The number of rotatable bonds is 10. The van der Waals surface area contributed by atoms with Gasteiger partial charge in [-0.15, -0.1) is 0 Å². The molecule has 0 bridgehead atoms. The number of ketones is 1. The Morgan fingerprint density at radius 1 is 1.18 bits per heavy atom. The summed E-state index contributed by atoms with van der Waals surface area (Å²) in [6.07, 6.45) is -3.73. The highest BCUT2D eigenvalue weighted by Crippen LogP contribution is 2.38. The topological polar surface area (TPSA) is 53.0 Å². The third-order valence-corrected chi connectivity index (χ3v) is 5.67. The van der Waals surface area contributed by atoms with E-state index < -0.39 is 11.7 Å². The number of Topliss-reactive ketones (excluding diaryl/α,β-unsaturated/α-hetero) is 1. The average molecular weight is 465 g/mol. The molecule has 1 fully saturated rings. The number of carbonyl (C=O) groups is 1. The van der Waals surface area contributed by atoms with Crippen LogP contribution in [-0.4, -0.2) is 54.6 Å². The molecule has 1 unspecified atom stereocenters. The molecule has 2 aromatic carbocycles. The van der Waals surface area contributed by atoms with Crippen molar-refractivity contribution in [1.82, 2.24) is 4.90 Å². The number of anilines is 1. The number of nitrogens with zero attached hydrogens (tertiary/aromatic N) is 2. The number of aliphatic hydroxyl groups excluding tert-OH is 1. The van der Waals surface area contributed by atoms with Crippen molar-refractivity contribution in [3.05, 3.63) is 59.7 Å². The Bertz CT molecular complexity index is 916. The Morgan fingerprint density at radius 3 is 2.52 bits per heavy atom. The van der Waals surface area contributed by atoms with E-state index in [0.717, 1.165) is 11.6 Å². The SMILES string of the molecule is CC(C)CN(c1ccccc1C(F)(F)F)C1CCN(CC(=O)COc2ccc(CO)cc2)C1. The second-order valence-electron chi connectivity index (χ2n) is 8.87. The maximum absolute atomic E-state index is 13.6. The first kappa shape index (κ1) is 25.1. The fourth-order valence-electron chi connectivity index (χ4n) is 4.16. The maximum Gasteiger partial charge on any atom is 0.418 e. The van der Waals surface area contributed by atoms with E-state index in [-0.39, 0.29) is 43.2 Å². The van der Waals surface area contributed by atoms with E-state index in [1.165, 1.54) is 12.1 Å². The number of aliphatic hydroxyl groups is 1. The van der Waals surface area contributed by atoms with Gasteiger partial charge in [-0.05, 0) is 42.2 Å². The third-order valence-electron chi connectivity index (χ3n) is 5.67. The maximum atomic E-state index is 13.6. The van der Waals surface area contributed by atoms with Crippen LogP contribution in [0.5, 0.6) is 5.75 Å². The van der Waals surface area contributed by atoms with Gasteiger partial charge in [-0.25, -0.2) is 0 Å². The third kappa shape index (κ3) is 6.95. The number of benzene rings is 2. The molecule has 0 aliphatic carbocycles. The number of para-hydroxylation sites is 1. The van der Waals surface area contributed by atoms with Crippen molar-refractivity contribution in [3.63, 3.8) is 0 Å². The molecule has 2 aromatic rings. The van der Waals surface area contributed by atoms with Crippen LogP contribution in [0.2, 0.25) is 0 Å². The van der Waals surface area contributed by atoms with Crippen LogP contribution in [0.25, 0.3) is 0 Å². The van der Waals surface area contributed by atoms with Gasteiger partial charge in [-0.2, -0.15) is 13.2 Å². The summed E-state index contributed by atoms with van der Waals surface area (Å²) in [6.45, 7) is 5.71. The Kier molecular flexibility index (Phi) is 8.37. The van der Waals surface area contributed by atoms with Gasteiger partial charge in [0.05, 0.1) is 18.7 Å². The van der Waals surface area contributed by atoms with Gasteiger partial charge in [0.1, 0.15) is 12.4 Å². The van der Waals surface area contributed by atoms with Crippen LogP contribution < -0.4 is 9.64 Å². The van der Waals surface area contributed by atoms with Gasteiger partial charge in [-0.3, -0.25) is 9.69 Å². The molecule has 0 aromatic heterocycles. The first-order chi connectivity index (χ1) is 15.7. The van der Waals surface area contributed by atoms with Crippen LogP contribution in [0.1, 0.15) is 31.4 Å².